The van der Waals surface area contributed by atoms with E-state index in [9.17, 15) is 0 Å². The van der Waals surface area contributed by atoms with Crippen LogP contribution in [0.25, 0.3) is 0 Å². The van der Waals surface area contributed by atoms with Crippen LogP contribution in [-0.2, 0) is 6.61 Å². The normalized spacial score (nSPS) is 11.4. The summed E-state index contributed by atoms with van der Waals surface area (Å²) in [5, 5.41) is 0. The van der Waals surface area contributed by atoms with Gasteiger partial charge >= 0.3 is 183 Å². The predicted octanol–water partition coefficient (Wildman–Crippen LogP) is 7.33. The van der Waals surface area contributed by atoms with E-state index in [-0.39, 0.29) is 0 Å². The third kappa shape index (κ3) is 7.24. The van der Waals surface area contributed by atoms with Gasteiger partial charge in [0.25, 0.3) is 0 Å². The predicted molar refractivity (Wildman–Crippen MR) is 128 cm³/mol. The van der Waals surface area contributed by atoms with Gasteiger partial charge in [0.15, 0.2) is 0 Å². The first-order valence-corrected chi connectivity index (χ1v) is 19.0. The van der Waals surface area contributed by atoms with Crippen LogP contribution >= 0.6 is 0 Å². The van der Waals surface area contributed by atoms with Crippen molar-refractivity contribution in [3.05, 3.63) is 54.1 Å². The standard InChI is InChI=1S/C14H13O2.3C4H9.Sn/c1-15-13-8-5-9-14(10-13)16-11-12-6-3-2-4-7-12;3*1-3-4-2;/h2-8,10H,11H2,1H3;3*1,3-4H2,2H3;. The van der Waals surface area contributed by atoms with Crippen molar-refractivity contribution < 1.29 is 9.47 Å². The van der Waals surface area contributed by atoms with Crippen molar-refractivity contribution in [2.24, 2.45) is 0 Å². The van der Waals surface area contributed by atoms with Crippen molar-refractivity contribution in [3.63, 3.8) is 0 Å². The van der Waals surface area contributed by atoms with Crippen LogP contribution in [0.3, 0.4) is 0 Å². The summed E-state index contributed by atoms with van der Waals surface area (Å²) in [7, 11) is 1.75. The molecule has 0 atom stereocenters. The van der Waals surface area contributed by atoms with Crippen LogP contribution in [-0.4, -0.2) is 25.5 Å². The zero-order valence-electron chi connectivity index (χ0n) is 19.0. The molecule has 3 heteroatoms. The van der Waals surface area contributed by atoms with Gasteiger partial charge in [0, 0.05) is 0 Å². The number of rotatable bonds is 14. The molecule has 2 aromatic rings. The summed E-state index contributed by atoms with van der Waals surface area (Å²) in [6.07, 6.45) is 7.92. The molecule has 0 radical (unpaired) electrons. The molecule has 2 aromatic carbocycles. The first-order chi connectivity index (χ1) is 14.2. The molecule has 0 spiro atoms. The van der Waals surface area contributed by atoms with Crippen molar-refractivity contribution in [2.75, 3.05) is 7.11 Å². The van der Waals surface area contributed by atoms with Gasteiger partial charge in [0.2, 0.25) is 0 Å². The summed E-state index contributed by atoms with van der Waals surface area (Å²) < 4.78 is 18.0. The minimum atomic E-state index is -2.57. The second-order valence-corrected chi connectivity index (χ2v) is 21.4. The van der Waals surface area contributed by atoms with Gasteiger partial charge in [-0.2, -0.15) is 0 Å². The number of hydrogen-bond acceptors (Lipinski definition) is 2. The van der Waals surface area contributed by atoms with Crippen molar-refractivity contribution in [3.8, 4) is 11.5 Å². The van der Waals surface area contributed by atoms with E-state index in [1.807, 2.05) is 0 Å². The van der Waals surface area contributed by atoms with E-state index in [1.165, 1.54) is 57.4 Å². The van der Waals surface area contributed by atoms with Gasteiger partial charge in [-0.15, -0.1) is 0 Å². The Hall–Kier alpha value is -1.16. The molecular weight excluding hydrogens is 463 g/mol. The van der Waals surface area contributed by atoms with Crippen LogP contribution in [0.2, 0.25) is 13.3 Å². The Balaban J connectivity index is 2.42. The van der Waals surface area contributed by atoms with Gasteiger partial charge in [-0.1, -0.05) is 0 Å². The van der Waals surface area contributed by atoms with Crippen LogP contribution in [0.1, 0.15) is 64.9 Å². The summed E-state index contributed by atoms with van der Waals surface area (Å²) in [6.45, 7) is 7.61. The summed E-state index contributed by atoms with van der Waals surface area (Å²) in [4.78, 5) is 0. The third-order valence-corrected chi connectivity index (χ3v) is 21.7. The molecule has 0 amide bonds. The molecule has 0 bridgehead atoms. The fourth-order valence-corrected chi connectivity index (χ4v) is 20.7. The zero-order valence-corrected chi connectivity index (χ0v) is 21.9. The number of unbranched alkanes of at least 4 members (excludes halogenated alkanes) is 3. The van der Waals surface area contributed by atoms with E-state index in [1.54, 1.807) is 10.7 Å². The number of benzene rings is 2. The molecule has 0 aliphatic rings. The van der Waals surface area contributed by atoms with Gasteiger partial charge in [0.05, 0.1) is 0 Å². The third-order valence-electron chi connectivity index (χ3n) is 6.02. The maximum absolute atomic E-state index is 6.48. The molecule has 0 aliphatic carbocycles. The first kappa shape index (κ1) is 24.1. The van der Waals surface area contributed by atoms with Gasteiger partial charge < -0.3 is 0 Å². The number of methoxy groups -OCH3 is 1. The second kappa shape index (κ2) is 13.2. The quantitative estimate of drug-likeness (QED) is 0.252. The molecular formula is C26H40O2Sn. The van der Waals surface area contributed by atoms with Gasteiger partial charge in [0.1, 0.15) is 0 Å². The molecule has 0 heterocycles. The van der Waals surface area contributed by atoms with E-state index < -0.39 is 18.4 Å². The van der Waals surface area contributed by atoms with E-state index in [2.05, 4.69) is 69.3 Å². The minimum absolute atomic E-state index is 0.623. The van der Waals surface area contributed by atoms with E-state index in [4.69, 9.17) is 9.47 Å². The number of hydrogen-bond donors (Lipinski definition) is 0. The maximum atomic E-state index is 6.48. The molecule has 0 unspecified atom stereocenters. The van der Waals surface area contributed by atoms with Crippen molar-refractivity contribution >= 4 is 22.0 Å². The zero-order chi connectivity index (χ0) is 21.0. The van der Waals surface area contributed by atoms with Crippen LogP contribution in [0, 0.1) is 0 Å². The summed E-state index contributed by atoms with van der Waals surface area (Å²) in [5.41, 5.74) is 1.22. The fraction of sp³-hybridized carbons (Fsp3) is 0.538. The van der Waals surface area contributed by atoms with Gasteiger partial charge in [-0.05, 0) is 0 Å². The van der Waals surface area contributed by atoms with Crippen LogP contribution in [0.15, 0.2) is 48.5 Å². The first-order valence-electron chi connectivity index (χ1n) is 11.5. The SMILES string of the molecule is CCC[CH2][Sn]([CH2]CCC)([CH2]CCC)[c]1ccc(OC)cc1OCc1ccccc1. The van der Waals surface area contributed by atoms with E-state index in [0.29, 0.717) is 6.61 Å². The second-order valence-electron chi connectivity index (χ2n) is 8.23. The average Bonchev–Trinajstić information content (AvgIpc) is 2.78. The van der Waals surface area contributed by atoms with Crippen LogP contribution < -0.4 is 13.1 Å². The number of ether oxygens (including phenoxy) is 2. The Morgan fingerprint density at radius 1 is 0.759 bits per heavy atom. The Morgan fingerprint density at radius 3 is 1.86 bits per heavy atom. The van der Waals surface area contributed by atoms with Crippen LogP contribution in [0.4, 0.5) is 0 Å². The molecule has 0 aromatic heterocycles. The van der Waals surface area contributed by atoms with Crippen molar-refractivity contribution in [1.82, 2.24) is 0 Å². The van der Waals surface area contributed by atoms with Crippen molar-refractivity contribution in [1.29, 1.82) is 0 Å². The van der Waals surface area contributed by atoms with Gasteiger partial charge in [-0.25, -0.2) is 0 Å². The van der Waals surface area contributed by atoms with E-state index in [0.717, 1.165) is 11.5 Å². The Kier molecular flexibility index (Phi) is 11.0. The summed E-state index contributed by atoms with van der Waals surface area (Å²) in [6, 6.07) is 17.2. The molecule has 160 valence electrons. The van der Waals surface area contributed by atoms with Crippen LogP contribution in [0.5, 0.6) is 11.5 Å². The van der Waals surface area contributed by atoms with Gasteiger partial charge in [-0.3, -0.25) is 0 Å². The molecule has 0 N–H and O–H groups in total. The molecule has 0 saturated carbocycles. The Morgan fingerprint density at radius 2 is 1.34 bits per heavy atom. The molecule has 0 aliphatic heterocycles. The summed E-state index contributed by atoms with van der Waals surface area (Å²) >= 11 is -2.57. The fourth-order valence-electron chi connectivity index (χ4n) is 4.25. The molecule has 0 fully saturated rings. The van der Waals surface area contributed by atoms with Crippen molar-refractivity contribution in [2.45, 2.75) is 79.2 Å². The Labute approximate surface area is 182 Å². The monoisotopic (exact) mass is 504 g/mol. The molecule has 2 nitrogen and oxygen atoms in total. The molecule has 0 saturated heterocycles. The topological polar surface area (TPSA) is 18.5 Å². The molecule has 29 heavy (non-hydrogen) atoms. The van der Waals surface area contributed by atoms with E-state index >= 15 is 0 Å². The average molecular weight is 503 g/mol. The molecule has 2 rings (SSSR count). The Bertz CT molecular complexity index is 677. The summed E-state index contributed by atoms with van der Waals surface area (Å²) in [5.74, 6) is 1.99.